The second-order valence-corrected chi connectivity index (χ2v) is 8.66. The van der Waals surface area contributed by atoms with Crippen molar-refractivity contribution in [2.45, 2.75) is 59.2 Å². The van der Waals surface area contributed by atoms with E-state index in [1.165, 1.54) is 18.9 Å². The molecule has 0 aliphatic rings. The second kappa shape index (κ2) is 12.2. The highest BCUT2D eigenvalue weighted by molar-refractivity contribution is 5.93. The SMILES string of the molecule is COC(=O)CNC(=O)C(c1ccc(C)c(C)c1)N(CCO)C(=O)C(C)NC(=O)OC(C)(C)C. The smallest absolute Gasteiger partial charge is 0.408 e. The first-order valence-corrected chi connectivity index (χ1v) is 10.6. The predicted molar refractivity (Wildman–Crippen MR) is 121 cm³/mol. The number of aliphatic hydroxyl groups is 1. The Kier molecular flexibility index (Phi) is 10.3. The van der Waals surface area contributed by atoms with Crippen molar-refractivity contribution in [3.63, 3.8) is 0 Å². The quantitative estimate of drug-likeness (QED) is 0.469. The van der Waals surface area contributed by atoms with Gasteiger partial charge in [-0.3, -0.25) is 14.4 Å². The van der Waals surface area contributed by atoms with Crippen molar-refractivity contribution < 1.29 is 33.8 Å². The molecule has 0 radical (unpaired) electrons. The van der Waals surface area contributed by atoms with Crippen molar-refractivity contribution >= 4 is 23.9 Å². The number of amides is 3. The standard InChI is InChI=1S/C23H35N3O7/c1-14-8-9-17(12-15(14)2)19(20(29)24-13-18(28)32-7)26(10-11-27)21(30)16(3)25-22(31)33-23(4,5)6/h8-9,12,16,19,27H,10-11,13H2,1-7H3,(H,24,29)(H,25,31). The van der Waals surface area contributed by atoms with E-state index in [1.807, 2.05) is 19.9 Å². The number of ether oxygens (including phenoxy) is 2. The molecule has 1 rings (SSSR count). The first kappa shape index (κ1) is 27.9. The second-order valence-electron chi connectivity index (χ2n) is 8.66. The third-order valence-electron chi connectivity index (χ3n) is 4.77. The van der Waals surface area contributed by atoms with Gasteiger partial charge in [-0.15, -0.1) is 0 Å². The summed E-state index contributed by atoms with van der Waals surface area (Å²) in [4.78, 5) is 51.2. The molecule has 2 unspecified atom stereocenters. The van der Waals surface area contributed by atoms with Crippen LogP contribution in [0.15, 0.2) is 18.2 Å². The van der Waals surface area contributed by atoms with E-state index in [0.29, 0.717) is 5.56 Å². The maximum atomic E-state index is 13.3. The predicted octanol–water partition coefficient (Wildman–Crippen LogP) is 1.37. The van der Waals surface area contributed by atoms with E-state index in [1.54, 1.807) is 32.9 Å². The average molecular weight is 466 g/mol. The van der Waals surface area contributed by atoms with Crippen LogP contribution in [0, 0.1) is 13.8 Å². The van der Waals surface area contributed by atoms with Gasteiger partial charge in [-0.2, -0.15) is 0 Å². The molecule has 33 heavy (non-hydrogen) atoms. The summed E-state index contributed by atoms with van der Waals surface area (Å²) >= 11 is 0. The maximum Gasteiger partial charge on any atom is 0.408 e. The Morgan fingerprint density at radius 1 is 1.12 bits per heavy atom. The number of alkyl carbamates (subject to hydrolysis) is 1. The Bertz CT molecular complexity index is 864. The summed E-state index contributed by atoms with van der Waals surface area (Å²) in [5.74, 6) is -1.89. The van der Waals surface area contributed by atoms with Crippen LogP contribution in [0.4, 0.5) is 4.79 Å². The number of aryl methyl sites for hydroxylation is 2. The summed E-state index contributed by atoms with van der Waals surface area (Å²) in [6.07, 6.45) is -0.787. The zero-order chi connectivity index (χ0) is 25.3. The summed E-state index contributed by atoms with van der Waals surface area (Å²) in [7, 11) is 1.20. The molecule has 0 bridgehead atoms. The van der Waals surface area contributed by atoms with Crippen molar-refractivity contribution in [3.8, 4) is 0 Å². The van der Waals surface area contributed by atoms with Crippen LogP contribution in [0.3, 0.4) is 0 Å². The molecule has 0 saturated heterocycles. The normalized spacial score (nSPS) is 12.8. The molecule has 0 fully saturated rings. The number of rotatable bonds is 9. The number of carbonyl (C=O) groups excluding carboxylic acids is 4. The summed E-state index contributed by atoms with van der Waals surface area (Å²) in [6, 6.07) is 3.08. The van der Waals surface area contributed by atoms with Gasteiger partial charge < -0.3 is 30.1 Å². The lowest BCUT2D eigenvalue weighted by atomic mass is 9.98. The lowest BCUT2D eigenvalue weighted by molar-refractivity contribution is -0.145. The van der Waals surface area contributed by atoms with Gasteiger partial charge in [0.1, 0.15) is 24.2 Å². The summed E-state index contributed by atoms with van der Waals surface area (Å²) in [5.41, 5.74) is 1.63. The van der Waals surface area contributed by atoms with Crippen LogP contribution in [0.5, 0.6) is 0 Å². The molecular weight excluding hydrogens is 430 g/mol. The van der Waals surface area contributed by atoms with Crippen LogP contribution in [-0.2, 0) is 23.9 Å². The average Bonchev–Trinajstić information content (AvgIpc) is 2.71. The number of hydrogen-bond donors (Lipinski definition) is 3. The molecule has 0 heterocycles. The molecule has 0 aliphatic heterocycles. The van der Waals surface area contributed by atoms with Crippen molar-refractivity contribution in [3.05, 3.63) is 34.9 Å². The van der Waals surface area contributed by atoms with E-state index in [0.717, 1.165) is 11.1 Å². The largest absolute Gasteiger partial charge is 0.468 e. The summed E-state index contributed by atoms with van der Waals surface area (Å²) in [6.45, 7) is 9.33. The molecule has 1 aromatic rings. The fraction of sp³-hybridized carbons (Fsp3) is 0.565. The number of hydrogen-bond acceptors (Lipinski definition) is 7. The third kappa shape index (κ3) is 8.72. The number of aliphatic hydroxyl groups excluding tert-OH is 1. The Morgan fingerprint density at radius 2 is 1.76 bits per heavy atom. The number of methoxy groups -OCH3 is 1. The molecule has 0 aliphatic carbocycles. The van der Waals surface area contributed by atoms with Gasteiger partial charge in [0.2, 0.25) is 11.8 Å². The molecule has 3 amide bonds. The van der Waals surface area contributed by atoms with E-state index in [2.05, 4.69) is 15.4 Å². The van der Waals surface area contributed by atoms with Crippen LogP contribution in [0.1, 0.15) is 50.4 Å². The minimum absolute atomic E-state index is 0.178. The van der Waals surface area contributed by atoms with Gasteiger partial charge >= 0.3 is 12.1 Å². The molecule has 2 atom stereocenters. The van der Waals surface area contributed by atoms with Crippen LogP contribution >= 0.6 is 0 Å². The van der Waals surface area contributed by atoms with Gasteiger partial charge in [-0.25, -0.2) is 4.79 Å². The third-order valence-corrected chi connectivity index (χ3v) is 4.77. The van der Waals surface area contributed by atoms with Gasteiger partial charge in [-0.05, 0) is 58.2 Å². The number of esters is 1. The van der Waals surface area contributed by atoms with Crippen molar-refractivity contribution in [1.82, 2.24) is 15.5 Å². The van der Waals surface area contributed by atoms with Gasteiger partial charge in [0.25, 0.3) is 0 Å². The molecule has 0 saturated carbocycles. The highest BCUT2D eigenvalue weighted by Crippen LogP contribution is 2.24. The Morgan fingerprint density at radius 3 is 2.27 bits per heavy atom. The number of nitrogens with zero attached hydrogens (tertiary/aromatic N) is 1. The lowest BCUT2D eigenvalue weighted by Gasteiger charge is -2.33. The number of nitrogens with one attached hydrogen (secondary N) is 2. The zero-order valence-corrected chi connectivity index (χ0v) is 20.4. The molecule has 184 valence electrons. The van der Waals surface area contributed by atoms with E-state index in [4.69, 9.17) is 4.74 Å². The minimum Gasteiger partial charge on any atom is -0.468 e. The van der Waals surface area contributed by atoms with Crippen LogP contribution in [-0.4, -0.2) is 72.3 Å². The summed E-state index contributed by atoms with van der Waals surface area (Å²) in [5, 5.41) is 14.6. The zero-order valence-electron chi connectivity index (χ0n) is 20.4. The van der Waals surface area contributed by atoms with Crippen LogP contribution in [0.25, 0.3) is 0 Å². The fourth-order valence-corrected chi connectivity index (χ4v) is 3.00. The molecule has 1 aromatic carbocycles. The van der Waals surface area contributed by atoms with Gasteiger partial charge in [-0.1, -0.05) is 18.2 Å². The Hall–Kier alpha value is -3.14. The first-order valence-electron chi connectivity index (χ1n) is 10.6. The van der Waals surface area contributed by atoms with Crippen LogP contribution in [0.2, 0.25) is 0 Å². The van der Waals surface area contributed by atoms with E-state index in [9.17, 15) is 24.3 Å². The minimum atomic E-state index is -1.16. The molecule has 10 heteroatoms. The van der Waals surface area contributed by atoms with Crippen molar-refractivity contribution in [2.75, 3.05) is 26.8 Å². The van der Waals surface area contributed by atoms with Gasteiger partial charge in [0, 0.05) is 6.54 Å². The number of carbonyl (C=O) groups is 4. The van der Waals surface area contributed by atoms with E-state index in [-0.39, 0.29) is 13.1 Å². The maximum absolute atomic E-state index is 13.3. The Balaban J connectivity index is 3.28. The highest BCUT2D eigenvalue weighted by atomic mass is 16.6. The van der Waals surface area contributed by atoms with Crippen molar-refractivity contribution in [1.29, 1.82) is 0 Å². The number of benzene rings is 1. The first-order chi connectivity index (χ1) is 15.3. The van der Waals surface area contributed by atoms with E-state index >= 15 is 0 Å². The fourth-order valence-electron chi connectivity index (χ4n) is 3.00. The molecular formula is C23H35N3O7. The monoisotopic (exact) mass is 465 g/mol. The van der Waals surface area contributed by atoms with Gasteiger partial charge in [0.05, 0.1) is 13.7 Å². The highest BCUT2D eigenvalue weighted by Gasteiger charge is 2.34. The molecule has 0 aromatic heterocycles. The lowest BCUT2D eigenvalue weighted by Crippen LogP contribution is -2.53. The van der Waals surface area contributed by atoms with Crippen LogP contribution < -0.4 is 10.6 Å². The summed E-state index contributed by atoms with van der Waals surface area (Å²) < 4.78 is 9.76. The van der Waals surface area contributed by atoms with Crippen molar-refractivity contribution in [2.24, 2.45) is 0 Å². The molecule has 3 N–H and O–H groups in total. The Labute approximate surface area is 194 Å². The molecule has 10 nitrogen and oxygen atoms in total. The van der Waals surface area contributed by atoms with Gasteiger partial charge in [0.15, 0.2) is 0 Å². The molecule has 0 spiro atoms. The topological polar surface area (TPSA) is 134 Å². The van der Waals surface area contributed by atoms with E-state index < -0.39 is 48.2 Å².